The number of hydrogen-bond acceptors (Lipinski definition) is 9. The third-order valence-electron chi connectivity index (χ3n) is 6.73. The quantitative estimate of drug-likeness (QED) is 0.194. The number of aryl methyl sites for hydroxylation is 1. The SMILES string of the molecule is Cc1ccc2c(c1S(=O)(=O)O)Oc1c(ccc(N)c1S(=O)(=O)O)C21OC(=O)c2cc(C(=O)NCC(C)C)ccc21. The van der Waals surface area contributed by atoms with Crippen LogP contribution in [0.2, 0.25) is 0 Å². The van der Waals surface area contributed by atoms with Gasteiger partial charge in [0, 0.05) is 28.8 Å². The Balaban J connectivity index is 1.87. The van der Waals surface area contributed by atoms with E-state index in [1.165, 1.54) is 43.3 Å². The maximum absolute atomic E-state index is 13.3. The molecule has 3 aromatic rings. The predicted octanol–water partition coefficient (Wildman–Crippen LogP) is 3.02. The summed E-state index contributed by atoms with van der Waals surface area (Å²) in [6.07, 6.45) is 0. The summed E-state index contributed by atoms with van der Waals surface area (Å²) in [5.41, 5.74) is 3.60. The van der Waals surface area contributed by atoms with Gasteiger partial charge in [-0.2, -0.15) is 16.8 Å². The van der Waals surface area contributed by atoms with E-state index in [1.807, 2.05) is 13.8 Å². The molecular weight excluding hydrogens is 564 g/mol. The number of nitrogens with two attached hydrogens (primary N) is 1. The molecule has 0 saturated heterocycles. The van der Waals surface area contributed by atoms with Gasteiger partial charge in [-0.15, -0.1) is 0 Å². The highest BCUT2D eigenvalue weighted by molar-refractivity contribution is 7.86. The van der Waals surface area contributed by atoms with Crippen molar-refractivity contribution in [2.24, 2.45) is 5.92 Å². The number of esters is 1. The minimum Gasteiger partial charge on any atom is -0.453 e. The smallest absolute Gasteiger partial charge is 0.340 e. The lowest BCUT2D eigenvalue weighted by Crippen LogP contribution is -2.34. The highest BCUT2D eigenvalue weighted by Gasteiger charge is 2.56. The van der Waals surface area contributed by atoms with Crippen LogP contribution in [0.1, 0.15) is 56.8 Å². The van der Waals surface area contributed by atoms with Crippen LogP contribution in [0.4, 0.5) is 5.69 Å². The summed E-state index contributed by atoms with van der Waals surface area (Å²) in [6.45, 7) is 5.59. The molecule has 1 atom stereocenters. The second kappa shape index (κ2) is 9.02. The van der Waals surface area contributed by atoms with Gasteiger partial charge in [0.25, 0.3) is 26.1 Å². The number of nitrogens with one attached hydrogen (secondary N) is 1. The second-order valence-corrected chi connectivity index (χ2v) is 12.7. The van der Waals surface area contributed by atoms with Crippen LogP contribution in [0, 0.1) is 12.8 Å². The molecule has 210 valence electrons. The molecule has 2 aliphatic rings. The molecule has 5 N–H and O–H groups in total. The molecular formula is C26H24N2O10S2. The molecule has 0 aromatic heterocycles. The van der Waals surface area contributed by atoms with Crippen molar-refractivity contribution in [2.75, 3.05) is 12.3 Å². The van der Waals surface area contributed by atoms with E-state index in [0.717, 1.165) is 6.07 Å². The van der Waals surface area contributed by atoms with Crippen LogP contribution in [-0.2, 0) is 30.6 Å². The van der Waals surface area contributed by atoms with Crippen molar-refractivity contribution in [1.29, 1.82) is 0 Å². The fourth-order valence-corrected chi connectivity index (χ4v) is 6.65. The number of nitrogen functional groups attached to an aromatic ring is 1. The molecule has 14 heteroatoms. The first-order valence-corrected chi connectivity index (χ1v) is 14.8. The number of carbonyl (C=O) groups is 2. The summed E-state index contributed by atoms with van der Waals surface area (Å²) in [6, 6.07) is 9.44. The van der Waals surface area contributed by atoms with Gasteiger partial charge in [-0.1, -0.05) is 32.0 Å². The average molecular weight is 589 g/mol. The molecule has 0 radical (unpaired) electrons. The number of fused-ring (bicyclic) bond motifs is 6. The Bertz CT molecular complexity index is 1760. The van der Waals surface area contributed by atoms with Gasteiger partial charge < -0.3 is 20.5 Å². The Hall–Kier alpha value is -3.98. The van der Waals surface area contributed by atoms with E-state index in [-0.39, 0.29) is 39.3 Å². The predicted molar refractivity (Wildman–Crippen MR) is 141 cm³/mol. The number of benzene rings is 3. The van der Waals surface area contributed by atoms with E-state index in [2.05, 4.69) is 5.32 Å². The number of amides is 1. The third kappa shape index (κ3) is 4.11. The van der Waals surface area contributed by atoms with Gasteiger partial charge >= 0.3 is 5.97 Å². The fraction of sp³-hybridized carbons (Fsp3) is 0.231. The Morgan fingerprint density at radius 3 is 2.12 bits per heavy atom. The van der Waals surface area contributed by atoms with Crippen LogP contribution in [0.15, 0.2) is 52.3 Å². The third-order valence-corrected chi connectivity index (χ3v) is 8.69. The minimum atomic E-state index is -5.06. The normalized spacial score (nSPS) is 17.6. The molecule has 0 fully saturated rings. The zero-order chi connectivity index (χ0) is 29.4. The van der Waals surface area contributed by atoms with E-state index in [0.29, 0.717) is 6.54 Å². The Morgan fingerprint density at radius 1 is 0.950 bits per heavy atom. The lowest BCUT2D eigenvalue weighted by atomic mass is 9.77. The maximum atomic E-state index is 13.3. The van der Waals surface area contributed by atoms with Crippen molar-refractivity contribution >= 4 is 37.8 Å². The van der Waals surface area contributed by atoms with Crippen molar-refractivity contribution < 1.29 is 45.0 Å². The van der Waals surface area contributed by atoms with Crippen molar-refractivity contribution in [1.82, 2.24) is 5.32 Å². The van der Waals surface area contributed by atoms with E-state index in [9.17, 15) is 35.5 Å². The molecule has 1 unspecified atom stereocenters. The van der Waals surface area contributed by atoms with Crippen LogP contribution in [0.5, 0.6) is 11.5 Å². The standard InChI is InChI=1S/C26H24N2O10S2/c1-12(2)11-28-24(29)14-5-7-16-15(10-14)25(30)38-26(16)17-6-4-13(3)22(39(31,32)33)20(17)37-21-18(26)8-9-19(27)23(21)40(34,35)36/h4-10,12H,11,27H2,1-3H3,(H,28,29)(H,31,32,33)(H,34,35,36). The Kier molecular flexibility index (Phi) is 6.22. The first kappa shape index (κ1) is 27.6. The zero-order valence-corrected chi connectivity index (χ0v) is 23.0. The number of hydrogen-bond donors (Lipinski definition) is 4. The molecule has 12 nitrogen and oxygen atoms in total. The highest BCUT2D eigenvalue weighted by atomic mass is 32.2. The summed E-state index contributed by atoms with van der Waals surface area (Å²) in [5, 5.41) is 2.75. The minimum absolute atomic E-state index is 0.0406. The first-order valence-electron chi connectivity index (χ1n) is 11.9. The van der Waals surface area contributed by atoms with Crippen molar-refractivity contribution in [3.8, 4) is 11.5 Å². The number of anilines is 1. The van der Waals surface area contributed by atoms with Crippen molar-refractivity contribution in [3.05, 3.63) is 75.8 Å². The molecule has 0 bridgehead atoms. The van der Waals surface area contributed by atoms with E-state index in [4.69, 9.17) is 15.2 Å². The Morgan fingerprint density at radius 2 is 1.52 bits per heavy atom. The van der Waals surface area contributed by atoms with Gasteiger partial charge in [-0.05, 0) is 42.7 Å². The zero-order valence-electron chi connectivity index (χ0n) is 21.4. The molecule has 3 aromatic carbocycles. The summed E-state index contributed by atoms with van der Waals surface area (Å²) >= 11 is 0. The largest absolute Gasteiger partial charge is 0.453 e. The summed E-state index contributed by atoms with van der Waals surface area (Å²) < 4.78 is 81.5. The van der Waals surface area contributed by atoms with Crippen molar-refractivity contribution in [3.63, 3.8) is 0 Å². The van der Waals surface area contributed by atoms with Crippen LogP contribution in [0.3, 0.4) is 0 Å². The molecule has 1 spiro atoms. The van der Waals surface area contributed by atoms with Gasteiger partial charge in [-0.3, -0.25) is 13.9 Å². The lowest BCUT2D eigenvalue weighted by Gasteiger charge is -2.38. The highest BCUT2D eigenvalue weighted by Crippen LogP contribution is 2.59. The van der Waals surface area contributed by atoms with Gasteiger partial charge in [0.2, 0.25) is 0 Å². The molecule has 2 heterocycles. The second-order valence-electron chi connectivity index (χ2n) is 9.94. The van der Waals surface area contributed by atoms with Gasteiger partial charge in [0.15, 0.2) is 22.0 Å². The monoisotopic (exact) mass is 588 g/mol. The Labute approximate surface area is 229 Å². The average Bonchev–Trinajstić information content (AvgIpc) is 3.12. The molecule has 1 amide bonds. The van der Waals surface area contributed by atoms with E-state index >= 15 is 0 Å². The molecule has 2 aliphatic heterocycles. The van der Waals surface area contributed by atoms with E-state index in [1.54, 1.807) is 0 Å². The van der Waals surface area contributed by atoms with E-state index < -0.39 is 64.7 Å². The summed E-state index contributed by atoms with van der Waals surface area (Å²) in [5.74, 6) is -2.28. The van der Waals surface area contributed by atoms with Gasteiger partial charge in [-0.25, -0.2) is 4.79 Å². The first-order chi connectivity index (χ1) is 18.6. The summed E-state index contributed by atoms with van der Waals surface area (Å²) in [7, 11) is -10.0. The van der Waals surface area contributed by atoms with Gasteiger partial charge in [0.05, 0.1) is 11.3 Å². The number of ether oxygens (including phenoxy) is 2. The lowest BCUT2D eigenvalue weighted by molar-refractivity contribution is 0.0221. The van der Waals surface area contributed by atoms with Crippen molar-refractivity contribution in [2.45, 2.75) is 36.2 Å². The van der Waals surface area contributed by atoms with Crippen LogP contribution in [-0.4, -0.2) is 44.4 Å². The van der Waals surface area contributed by atoms with Crippen LogP contribution >= 0.6 is 0 Å². The fourth-order valence-electron chi connectivity index (χ4n) is 5.04. The van der Waals surface area contributed by atoms with Gasteiger partial charge in [0.1, 0.15) is 4.90 Å². The topological polar surface area (TPSA) is 199 Å². The molecule has 0 saturated carbocycles. The molecule has 5 rings (SSSR count). The van der Waals surface area contributed by atoms with Crippen LogP contribution < -0.4 is 15.8 Å². The maximum Gasteiger partial charge on any atom is 0.340 e. The molecule has 0 aliphatic carbocycles. The van der Waals surface area contributed by atoms with Crippen LogP contribution in [0.25, 0.3) is 0 Å². The summed E-state index contributed by atoms with van der Waals surface area (Å²) in [4.78, 5) is 24.5. The number of carbonyl (C=O) groups excluding carboxylic acids is 2. The number of rotatable bonds is 5. The molecule has 40 heavy (non-hydrogen) atoms.